The number of hydrogen-bond donors (Lipinski definition) is 1. The number of rotatable bonds is 8. The van der Waals surface area contributed by atoms with Gasteiger partial charge in [-0.2, -0.15) is 0 Å². The molecular formula is C22H32ClFN4O3. The first-order valence-electron chi connectivity index (χ1n) is 10.9. The Morgan fingerprint density at radius 1 is 1.10 bits per heavy atom. The second kappa shape index (κ2) is 10.1. The Morgan fingerprint density at radius 3 is 2.45 bits per heavy atom. The topological polar surface area (TPSA) is 65.1 Å². The number of amides is 2. The number of nitrogens with zero attached hydrogens (tertiary/aromatic N) is 3. The largest absolute Gasteiger partial charge is 0.495 e. The monoisotopic (exact) mass is 454 g/mol. The van der Waals surface area contributed by atoms with E-state index in [1.807, 2.05) is 6.92 Å². The van der Waals surface area contributed by atoms with Crippen LogP contribution in [0.15, 0.2) is 18.2 Å². The summed E-state index contributed by atoms with van der Waals surface area (Å²) in [5.74, 6) is 0.0164. The molecule has 1 aromatic rings. The van der Waals surface area contributed by atoms with E-state index in [-0.39, 0.29) is 42.0 Å². The number of ether oxygens (including phenoxy) is 1. The standard InChI is InChI=1S/C22H31FN4O3.ClH/c1-15-20(24-17-5-6-17)22(29)27(21(15)28)9-3-8-25-10-12-26(13-11-25)18-14-16(23)4-7-19(18)30-2;/h4,7,14-15,17,20,24H,3,5-6,8-13H2,1-2H3;1H. The smallest absolute Gasteiger partial charge is 0.247 e. The third-order valence-corrected chi connectivity index (χ3v) is 6.39. The maximum Gasteiger partial charge on any atom is 0.247 e. The molecule has 2 atom stereocenters. The second-order valence-corrected chi connectivity index (χ2v) is 8.53. The quantitative estimate of drug-likeness (QED) is 0.605. The van der Waals surface area contributed by atoms with Crippen LogP contribution in [0.25, 0.3) is 0 Å². The fourth-order valence-corrected chi connectivity index (χ4v) is 4.39. The average molecular weight is 455 g/mol. The minimum atomic E-state index is -0.352. The molecule has 31 heavy (non-hydrogen) atoms. The number of carbonyl (C=O) groups is 2. The zero-order chi connectivity index (χ0) is 21.3. The molecule has 0 spiro atoms. The second-order valence-electron chi connectivity index (χ2n) is 8.53. The number of anilines is 1. The molecule has 1 aliphatic carbocycles. The number of piperazine rings is 1. The molecule has 172 valence electrons. The summed E-state index contributed by atoms with van der Waals surface area (Å²) < 4.78 is 19.0. The zero-order valence-electron chi connectivity index (χ0n) is 18.2. The first-order chi connectivity index (χ1) is 14.5. The Labute approximate surface area is 189 Å². The van der Waals surface area contributed by atoms with Crippen molar-refractivity contribution in [3.05, 3.63) is 24.0 Å². The highest BCUT2D eigenvalue weighted by molar-refractivity contribution is 6.06. The molecule has 2 saturated heterocycles. The summed E-state index contributed by atoms with van der Waals surface area (Å²) in [5, 5.41) is 3.32. The molecule has 3 fully saturated rings. The highest BCUT2D eigenvalue weighted by Gasteiger charge is 2.46. The van der Waals surface area contributed by atoms with Crippen molar-refractivity contribution in [2.24, 2.45) is 5.92 Å². The van der Waals surface area contributed by atoms with Crippen LogP contribution in [-0.4, -0.2) is 80.1 Å². The van der Waals surface area contributed by atoms with E-state index in [0.29, 0.717) is 18.3 Å². The normalized spacial score (nSPS) is 24.5. The Hall–Kier alpha value is -1.90. The number of imide groups is 1. The molecule has 1 saturated carbocycles. The van der Waals surface area contributed by atoms with Gasteiger partial charge in [-0.25, -0.2) is 4.39 Å². The van der Waals surface area contributed by atoms with Gasteiger partial charge in [0.2, 0.25) is 11.8 Å². The van der Waals surface area contributed by atoms with Crippen molar-refractivity contribution < 1.29 is 18.7 Å². The predicted molar refractivity (Wildman–Crippen MR) is 119 cm³/mol. The van der Waals surface area contributed by atoms with Crippen LogP contribution >= 0.6 is 12.4 Å². The van der Waals surface area contributed by atoms with Crippen molar-refractivity contribution in [3.63, 3.8) is 0 Å². The number of carbonyl (C=O) groups excluding carboxylic acids is 2. The molecular weight excluding hydrogens is 423 g/mol. The van der Waals surface area contributed by atoms with Crippen LogP contribution in [0.4, 0.5) is 10.1 Å². The van der Waals surface area contributed by atoms with E-state index in [1.165, 1.54) is 17.0 Å². The van der Waals surface area contributed by atoms with Gasteiger partial charge in [0.25, 0.3) is 0 Å². The van der Waals surface area contributed by atoms with Gasteiger partial charge in [0, 0.05) is 44.8 Å². The molecule has 9 heteroatoms. The molecule has 3 aliphatic rings. The van der Waals surface area contributed by atoms with E-state index < -0.39 is 0 Å². The highest BCUT2D eigenvalue weighted by Crippen LogP contribution is 2.30. The maximum absolute atomic E-state index is 13.7. The summed E-state index contributed by atoms with van der Waals surface area (Å²) >= 11 is 0. The van der Waals surface area contributed by atoms with Crippen molar-refractivity contribution in [3.8, 4) is 5.75 Å². The minimum Gasteiger partial charge on any atom is -0.495 e. The van der Waals surface area contributed by atoms with Gasteiger partial charge in [-0.3, -0.25) is 19.4 Å². The lowest BCUT2D eigenvalue weighted by atomic mass is 10.1. The lowest BCUT2D eigenvalue weighted by molar-refractivity contribution is -0.139. The van der Waals surface area contributed by atoms with Crippen LogP contribution in [0.2, 0.25) is 0 Å². The number of nitrogens with one attached hydrogen (secondary N) is 1. The van der Waals surface area contributed by atoms with E-state index in [4.69, 9.17) is 4.74 Å². The molecule has 1 aromatic carbocycles. The summed E-state index contributed by atoms with van der Waals surface area (Å²) in [4.78, 5) is 31.1. The molecule has 2 heterocycles. The van der Waals surface area contributed by atoms with Gasteiger partial charge >= 0.3 is 0 Å². The van der Waals surface area contributed by atoms with Gasteiger partial charge in [-0.15, -0.1) is 12.4 Å². The lowest BCUT2D eigenvalue weighted by Crippen LogP contribution is -2.47. The van der Waals surface area contributed by atoms with Crippen molar-refractivity contribution in [1.29, 1.82) is 0 Å². The first-order valence-corrected chi connectivity index (χ1v) is 10.9. The molecule has 0 radical (unpaired) electrons. The minimum absolute atomic E-state index is 0. The van der Waals surface area contributed by atoms with Crippen LogP contribution in [0.3, 0.4) is 0 Å². The SMILES string of the molecule is COc1ccc(F)cc1N1CCN(CCCN2C(=O)C(C)C(NC3CC3)C2=O)CC1.Cl. The molecule has 2 aliphatic heterocycles. The Morgan fingerprint density at radius 2 is 1.81 bits per heavy atom. The molecule has 2 amide bonds. The van der Waals surface area contributed by atoms with Crippen LogP contribution < -0.4 is 15.0 Å². The van der Waals surface area contributed by atoms with E-state index in [1.54, 1.807) is 13.2 Å². The van der Waals surface area contributed by atoms with Gasteiger partial charge in [0.15, 0.2) is 0 Å². The molecule has 4 rings (SSSR count). The summed E-state index contributed by atoms with van der Waals surface area (Å²) in [6.07, 6.45) is 2.96. The summed E-state index contributed by atoms with van der Waals surface area (Å²) in [6, 6.07) is 4.64. The van der Waals surface area contributed by atoms with E-state index >= 15 is 0 Å². The van der Waals surface area contributed by atoms with Crippen molar-refractivity contribution in [1.82, 2.24) is 15.1 Å². The fourth-order valence-electron chi connectivity index (χ4n) is 4.39. The molecule has 7 nitrogen and oxygen atoms in total. The van der Waals surface area contributed by atoms with Crippen molar-refractivity contribution >= 4 is 29.9 Å². The van der Waals surface area contributed by atoms with E-state index in [9.17, 15) is 14.0 Å². The van der Waals surface area contributed by atoms with Crippen LogP contribution in [-0.2, 0) is 9.59 Å². The molecule has 2 unspecified atom stereocenters. The first kappa shape index (κ1) is 23.8. The predicted octanol–water partition coefficient (Wildman–Crippen LogP) is 1.89. The Kier molecular flexibility index (Phi) is 7.78. The number of methoxy groups -OCH3 is 1. The number of halogens is 2. The fraction of sp³-hybridized carbons (Fsp3) is 0.636. The van der Waals surface area contributed by atoms with Crippen molar-refractivity contribution in [2.75, 3.05) is 51.3 Å². The van der Waals surface area contributed by atoms with Crippen molar-refractivity contribution in [2.45, 2.75) is 38.3 Å². The van der Waals surface area contributed by atoms with Gasteiger partial charge in [0.1, 0.15) is 11.6 Å². The Balaban J connectivity index is 0.00000272. The van der Waals surface area contributed by atoms with E-state index in [2.05, 4.69) is 15.1 Å². The zero-order valence-corrected chi connectivity index (χ0v) is 19.0. The van der Waals surface area contributed by atoms with Gasteiger partial charge in [-0.05, 0) is 37.9 Å². The number of likely N-dealkylation sites (tertiary alicyclic amines) is 1. The van der Waals surface area contributed by atoms with Crippen LogP contribution in [0.1, 0.15) is 26.2 Å². The molecule has 1 N–H and O–H groups in total. The number of benzene rings is 1. The van der Waals surface area contributed by atoms with Gasteiger partial charge in [-0.1, -0.05) is 6.92 Å². The number of hydrogen-bond acceptors (Lipinski definition) is 6. The summed E-state index contributed by atoms with van der Waals surface area (Å²) in [5.41, 5.74) is 0.786. The van der Waals surface area contributed by atoms with Gasteiger partial charge < -0.3 is 15.0 Å². The lowest BCUT2D eigenvalue weighted by Gasteiger charge is -2.36. The van der Waals surface area contributed by atoms with Gasteiger partial charge in [0.05, 0.1) is 24.8 Å². The molecule has 0 aromatic heterocycles. The molecule has 0 bridgehead atoms. The highest BCUT2D eigenvalue weighted by atomic mass is 35.5. The van der Waals surface area contributed by atoms with Crippen LogP contribution in [0, 0.1) is 11.7 Å². The average Bonchev–Trinajstić information content (AvgIpc) is 3.55. The van der Waals surface area contributed by atoms with Crippen LogP contribution in [0.5, 0.6) is 5.75 Å². The summed E-state index contributed by atoms with van der Waals surface area (Å²) in [7, 11) is 1.60. The van der Waals surface area contributed by atoms with E-state index in [0.717, 1.165) is 57.7 Å². The Bertz CT molecular complexity index is 799. The third-order valence-electron chi connectivity index (χ3n) is 6.39. The maximum atomic E-state index is 13.7. The summed E-state index contributed by atoms with van der Waals surface area (Å²) in [6.45, 7) is 6.43. The third kappa shape index (κ3) is 5.30.